The van der Waals surface area contributed by atoms with Crippen LogP contribution in [0.5, 0.6) is 0 Å². The first-order chi connectivity index (χ1) is 5.20. The highest BCUT2D eigenvalue weighted by atomic mass is 31.2. The van der Waals surface area contributed by atoms with E-state index in [1.807, 2.05) is 0 Å². The fourth-order valence-electron chi connectivity index (χ4n) is 0.803. The molecule has 0 saturated heterocycles. The highest BCUT2D eigenvalue weighted by Crippen LogP contribution is 2.18. The molecule has 4 nitrogen and oxygen atoms in total. The molecular formula is C6H17N2O2P. The third kappa shape index (κ3) is 6.66. The number of hydrogen-bond acceptors (Lipinski definition) is 4. The van der Waals surface area contributed by atoms with Crippen LogP contribution in [-0.4, -0.2) is 36.0 Å². The molecule has 0 aliphatic carbocycles. The third-order valence-corrected chi connectivity index (χ3v) is 1.97. The molecular weight excluding hydrogens is 163 g/mol. The van der Waals surface area contributed by atoms with Crippen LogP contribution in [0, 0.1) is 0 Å². The molecule has 11 heavy (non-hydrogen) atoms. The topological polar surface area (TPSA) is 58.7 Å². The molecule has 0 aromatic carbocycles. The van der Waals surface area contributed by atoms with Crippen LogP contribution >= 0.6 is 8.53 Å². The van der Waals surface area contributed by atoms with Crippen molar-refractivity contribution in [1.82, 2.24) is 4.90 Å². The van der Waals surface area contributed by atoms with Crippen LogP contribution < -0.4 is 5.50 Å². The van der Waals surface area contributed by atoms with Crippen molar-refractivity contribution in [3.8, 4) is 0 Å². The van der Waals surface area contributed by atoms with Crippen LogP contribution in [0.2, 0.25) is 0 Å². The molecule has 0 aromatic rings. The molecule has 1 atom stereocenters. The summed E-state index contributed by atoms with van der Waals surface area (Å²) in [6, 6.07) is 0. The highest BCUT2D eigenvalue weighted by Gasteiger charge is 2.00. The summed E-state index contributed by atoms with van der Waals surface area (Å²) in [5.41, 5.74) is 5.04. The second-order valence-electron chi connectivity index (χ2n) is 2.16. The minimum absolute atomic E-state index is 0.514. The average molecular weight is 180 g/mol. The van der Waals surface area contributed by atoms with Gasteiger partial charge in [0.05, 0.1) is 6.61 Å². The van der Waals surface area contributed by atoms with Gasteiger partial charge in [-0.05, 0) is 13.1 Å². The van der Waals surface area contributed by atoms with E-state index in [0.717, 1.165) is 19.6 Å². The molecule has 3 N–H and O–H groups in total. The van der Waals surface area contributed by atoms with Crippen LogP contribution in [-0.2, 0) is 4.52 Å². The van der Waals surface area contributed by atoms with E-state index in [-0.39, 0.29) is 0 Å². The van der Waals surface area contributed by atoms with E-state index in [2.05, 4.69) is 18.7 Å². The summed E-state index contributed by atoms with van der Waals surface area (Å²) in [6.07, 6.45) is 0. The molecule has 5 heteroatoms. The van der Waals surface area contributed by atoms with Gasteiger partial charge in [0, 0.05) is 6.54 Å². The lowest BCUT2D eigenvalue weighted by atomic mass is 10.5. The maximum absolute atomic E-state index is 8.61. The van der Waals surface area contributed by atoms with Gasteiger partial charge in [0.25, 0.3) is 0 Å². The van der Waals surface area contributed by atoms with Crippen LogP contribution in [0.3, 0.4) is 0 Å². The summed E-state index contributed by atoms with van der Waals surface area (Å²) in [5, 5.41) is 0. The summed E-state index contributed by atoms with van der Waals surface area (Å²) in [5.74, 6) is 0. The van der Waals surface area contributed by atoms with Crippen LogP contribution in [0.4, 0.5) is 0 Å². The van der Waals surface area contributed by atoms with Crippen molar-refractivity contribution in [2.45, 2.75) is 13.8 Å². The number of nitrogens with zero attached hydrogens (tertiary/aromatic N) is 1. The van der Waals surface area contributed by atoms with Crippen molar-refractivity contribution in [2.75, 3.05) is 26.2 Å². The van der Waals surface area contributed by atoms with Crippen LogP contribution in [0.1, 0.15) is 13.8 Å². The fraction of sp³-hybridized carbons (Fsp3) is 1.00. The van der Waals surface area contributed by atoms with Crippen molar-refractivity contribution in [3.63, 3.8) is 0 Å². The van der Waals surface area contributed by atoms with Crippen LogP contribution in [0.25, 0.3) is 0 Å². The first-order valence-corrected chi connectivity index (χ1v) is 5.07. The molecule has 0 amide bonds. The Bertz CT molecular complexity index is 88.7. The Kier molecular flexibility index (Phi) is 7.12. The Hall–Kier alpha value is 0.270. The summed E-state index contributed by atoms with van der Waals surface area (Å²) in [7, 11) is -1.67. The normalized spacial score (nSPS) is 13.9. The number of likely N-dealkylation sites (N-methyl/N-ethyl adjacent to an activating group) is 1. The second kappa shape index (κ2) is 6.95. The Balaban J connectivity index is 3.21. The van der Waals surface area contributed by atoms with Crippen molar-refractivity contribution >= 4 is 8.53 Å². The zero-order valence-electron chi connectivity index (χ0n) is 7.16. The molecule has 68 valence electrons. The van der Waals surface area contributed by atoms with Gasteiger partial charge < -0.3 is 14.3 Å². The van der Waals surface area contributed by atoms with Gasteiger partial charge >= 0.3 is 0 Å². The van der Waals surface area contributed by atoms with E-state index in [0.29, 0.717) is 6.61 Å². The Morgan fingerprint density at radius 3 is 2.36 bits per heavy atom. The van der Waals surface area contributed by atoms with Crippen molar-refractivity contribution < 1.29 is 9.42 Å². The number of rotatable bonds is 6. The quantitative estimate of drug-likeness (QED) is 0.585. The van der Waals surface area contributed by atoms with Gasteiger partial charge in [0.2, 0.25) is 8.53 Å². The van der Waals surface area contributed by atoms with E-state index in [9.17, 15) is 0 Å². The lowest BCUT2D eigenvalue weighted by Gasteiger charge is -2.17. The van der Waals surface area contributed by atoms with Gasteiger partial charge in [-0.15, -0.1) is 0 Å². The Morgan fingerprint density at radius 2 is 2.00 bits per heavy atom. The minimum atomic E-state index is -1.67. The first kappa shape index (κ1) is 11.3. The molecule has 0 saturated carbocycles. The van der Waals surface area contributed by atoms with E-state index in [1.165, 1.54) is 0 Å². The third-order valence-electron chi connectivity index (χ3n) is 1.53. The smallest absolute Gasteiger partial charge is 0.250 e. The molecule has 0 heterocycles. The summed E-state index contributed by atoms with van der Waals surface area (Å²) < 4.78 is 4.83. The zero-order chi connectivity index (χ0) is 8.69. The monoisotopic (exact) mass is 180 g/mol. The molecule has 0 rings (SSSR count). The Morgan fingerprint density at radius 1 is 1.45 bits per heavy atom. The highest BCUT2D eigenvalue weighted by molar-refractivity contribution is 7.43. The van der Waals surface area contributed by atoms with Gasteiger partial charge in [-0.2, -0.15) is 0 Å². The molecule has 0 aromatic heterocycles. The van der Waals surface area contributed by atoms with Crippen molar-refractivity contribution in [3.05, 3.63) is 0 Å². The molecule has 0 fully saturated rings. The van der Waals surface area contributed by atoms with Crippen LogP contribution in [0.15, 0.2) is 0 Å². The minimum Gasteiger partial charge on any atom is -0.338 e. The van der Waals surface area contributed by atoms with E-state index in [1.54, 1.807) is 0 Å². The standard InChI is InChI=1S/C6H17N2O2P/c1-3-8(4-2)5-6-10-11(7)9/h9H,3-7H2,1-2H3. The molecule has 0 aliphatic heterocycles. The second-order valence-corrected chi connectivity index (χ2v) is 3.03. The van der Waals surface area contributed by atoms with Crippen molar-refractivity contribution in [1.29, 1.82) is 0 Å². The number of hydrogen-bond donors (Lipinski definition) is 2. The van der Waals surface area contributed by atoms with Gasteiger partial charge in [-0.1, -0.05) is 13.8 Å². The number of nitrogens with two attached hydrogens (primary N) is 1. The molecule has 0 bridgehead atoms. The van der Waals surface area contributed by atoms with Gasteiger partial charge in [0.1, 0.15) is 0 Å². The maximum Gasteiger partial charge on any atom is 0.250 e. The predicted octanol–water partition coefficient (Wildman–Crippen LogP) is 0.523. The largest absolute Gasteiger partial charge is 0.338 e. The maximum atomic E-state index is 8.61. The van der Waals surface area contributed by atoms with Gasteiger partial charge in [-0.3, -0.25) is 5.50 Å². The molecule has 1 unspecified atom stereocenters. The van der Waals surface area contributed by atoms with E-state index >= 15 is 0 Å². The SMILES string of the molecule is CCN(CC)CCOP(N)O. The molecule has 0 radical (unpaired) electrons. The average Bonchev–Trinajstić information content (AvgIpc) is 1.98. The predicted molar refractivity (Wildman–Crippen MR) is 47.1 cm³/mol. The van der Waals surface area contributed by atoms with Gasteiger partial charge in [0.15, 0.2) is 0 Å². The Labute approximate surface area is 69.3 Å². The zero-order valence-corrected chi connectivity index (χ0v) is 8.05. The lowest BCUT2D eigenvalue weighted by Crippen LogP contribution is -2.26. The lowest BCUT2D eigenvalue weighted by molar-refractivity contribution is 0.222. The molecule has 0 spiro atoms. The fourth-order valence-corrected chi connectivity index (χ4v) is 1.07. The van der Waals surface area contributed by atoms with Crippen molar-refractivity contribution in [2.24, 2.45) is 5.50 Å². The summed E-state index contributed by atoms with van der Waals surface area (Å²) in [4.78, 5) is 10.8. The molecule has 0 aliphatic rings. The van der Waals surface area contributed by atoms with E-state index in [4.69, 9.17) is 14.9 Å². The summed E-state index contributed by atoms with van der Waals surface area (Å²) >= 11 is 0. The first-order valence-electron chi connectivity index (χ1n) is 3.79. The van der Waals surface area contributed by atoms with Gasteiger partial charge in [-0.25, -0.2) is 0 Å². The van der Waals surface area contributed by atoms with E-state index < -0.39 is 8.53 Å². The summed E-state index contributed by atoms with van der Waals surface area (Å²) in [6.45, 7) is 7.55.